The average molecular weight is 703 g/mol. The Morgan fingerprint density at radius 3 is 1.90 bits per heavy atom. The Bertz CT molecular complexity index is 317. The second kappa shape index (κ2) is 10.7. The van der Waals surface area contributed by atoms with Gasteiger partial charge in [-0.1, -0.05) is 26.7 Å². The van der Waals surface area contributed by atoms with Gasteiger partial charge in [-0.2, -0.15) is 0 Å². The summed E-state index contributed by atoms with van der Waals surface area (Å²) in [5.41, 5.74) is 4.88. The average Bonchev–Trinajstić information content (AvgIpc) is 2.87. The van der Waals surface area contributed by atoms with Crippen LogP contribution in [0.4, 0.5) is 0 Å². The topological polar surface area (TPSA) is 20.2 Å². The van der Waals surface area contributed by atoms with E-state index in [-0.39, 0.29) is 0 Å². The van der Waals surface area contributed by atoms with Gasteiger partial charge in [0.2, 0.25) is 0 Å². The third-order valence-electron chi connectivity index (χ3n) is 2.84. The van der Waals surface area contributed by atoms with Crippen molar-refractivity contribution in [2.75, 3.05) is 12.3 Å². The minimum absolute atomic E-state index is 0.592. The molecule has 0 amide bonds. The summed E-state index contributed by atoms with van der Waals surface area (Å²) in [5, 5.41) is 0. The molecular weight excluding hydrogens is 673 g/mol. The van der Waals surface area contributed by atoms with E-state index >= 15 is 0 Å². The Hall–Kier alpha value is 1.98. The summed E-state index contributed by atoms with van der Waals surface area (Å²) < 4.78 is 1.69. The molecule has 0 radical (unpaired) electrons. The van der Waals surface area contributed by atoms with E-state index in [1.807, 2.05) is 0 Å². The second-order valence-electron chi connectivity index (χ2n) is 5.22. The molecule has 1 rings (SSSR count). The molecule has 0 saturated carbocycles. The van der Waals surface area contributed by atoms with Gasteiger partial charge < -0.3 is 4.89 Å². The van der Waals surface area contributed by atoms with Crippen LogP contribution >= 0.6 is 47.3 Å². The molecule has 1 aliphatic rings. The fraction of sp³-hybridized carbons (Fsp3) is 0.733. The fourth-order valence-electron chi connectivity index (χ4n) is 1.55. The van der Waals surface area contributed by atoms with Gasteiger partial charge in [-0.15, -0.1) is 0 Å². The number of hydrogen-bond donors (Lipinski definition) is 1. The molecule has 0 saturated heterocycles. The summed E-state index contributed by atoms with van der Waals surface area (Å²) in [6, 6.07) is 0. The van der Waals surface area contributed by atoms with Crippen LogP contribution < -0.4 is 0 Å². The van der Waals surface area contributed by atoms with Crippen LogP contribution in [0.5, 0.6) is 0 Å². The van der Waals surface area contributed by atoms with Gasteiger partial charge in [-0.25, -0.2) is 0 Å². The third-order valence-corrected chi connectivity index (χ3v) is 17.2. The molecular formula is C15H30I2IrOP. The standard InChI is InChI=1S/C8H19OP.C5H5.2CH3.2HI.Ir/c1-3-5-7-10(9)8-6-4-2;1-2-4-5-3-1;;;;;/h9H,3-8H2,1-2H3;1-3H,4H2;2*1H3;2*1H;/q;;;;;;+2/p-2. The molecule has 1 N–H and O–H groups in total. The number of allylic oxidation sites excluding steroid dienone is 4. The van der Waals surface area contributed by atoms with Crippen molar-refractivity contribution in [1.29, 1.82) is 0 Å². The first-order chi connectivity index (χ1) is 9.17. The first-order valence-electron chi connectivity index (χ1n) is 7.05. The van der Waals surface area contributed by atoms with Gasteiger partial charge in [-0.3, -0.25) is 0 Å². The van der Waals surface area contributed by atoms with Crippen LogP contribution in [-0.2, 0) is 6.91 Å². The molecule has 0 fully saturated rings. The van der Waals surface area contributed by atoms with Gasteiger partial charge >= 0.3 is 85.7 Å². The zero-order valence-corrected chi connectivity index (χ0v) is 20.8. The number of hydrogen-bond acceptors (Lipinski definition) is 1. The minimum atomic E-state index is -2.08. The molecule has 5 heteroatoms. The van der Waals surface area contributed by atoms with Crippen molar-refractivity contribution in [3.05, 3.63) is 22.3 Å². The Morgan fingerprint density at radius 1 is 1.15 bits per heavy atom. The Kier molecular flexibility index (Phi) is 11.8. The molecule has 0 spiro atoms. The first kappa shape index (κ1) is 22.0. The molecule has 0 bridgehead atoms. The van der Waals surface area contributed by atoms with Gasteiger partial charge in [-0.05, 0) is 25.2 Å². The van der Waals surface area contributed by atoms with Crippen molar-refractivity contribution >= 4 is 47.3 Å². The maximum atomic E-state index is 9.38. The van der Waals surface area contributed by atoms with Gasteiger partial charge in [0, 0.05) is 8.15 Å². The molecule has 124 valence electrons. The van der Waals surface area contributed by atoms with Crippen LogP contribution in [0.15, 0.2) is 22.3 Å². The SMILES string of the molecule is CCCCP(O)CCCC.[CH3][Ir]([CH3])([I])([I])[C]1=CC=CC1. The first-order valence-corrected chi connectivity index (χ1v) is 28.3. The van der Waals surface area contributed by atoms with Gasteiger partial charge in [0.15, 0.2) is 0 Å². The molecule has 0 aromatic rings. The Morgan fingerprint density at radius 2 is 1.65 bits per heavy atom. The van der Waals surface area contributed by atoms with Crippen LogP contribution in [0.1, 0.15) is 46.0 Å². The number of halogens is 2. The Balaban J connectivity index is 0.000000361. The quantitative estimate of drug-likeness (QED) is 0.218. The van der Waals surface area contributed by atoms with Crippen LogP contribution in [0.25, 0.3) is 0 Å². The van der Waals surface area contributed by atoms with Crippen LogP contribution in [0, 0.1) is 0 Å². The second-order valence-corrected chi connectivity index (χ2v) is 64.9. The van der Waals surface area contributed by atoms with E-state index in [2.05, 4.69) is 82.1 Å². The Labute approximate surface area is 149 Å². The zero-order chi connectivity index (χ0) is 15.7. The van der Waals surface area contributed by atoms with Crippen LogP contribution in [0.3, 0.4) is 0 Å². The summed E-state index contributed by atoms with van der Waals surface area (Å²) in [6.07, 6.45) is 14.9. The van der Waals surface area contributed by atoms with Crippen molar-refractivity contribution < 1.29 is 11.8 Å². The molecule has 1 aliphatic carbocycles. The van der Waals surface area contributed by atoms with E-state index in [4.69, 9.17) is 0 Å². The van der Waals surface area contributed by atoms with E-state index in [1.165, 1.54) is 32.1 Å². The fourth-order valence-corrected chi connectivity index (χ4v) is 10.5. The summed E-state index contributed by atoms with van der Waals surface area (Å²) >= 11 is 5.37. The van der Waals surface area contributed by atoms with Crippen molar-refractivity contribution in [2.24, 2.45) is 0 Å². The van der Waals surface area contributed by atoms with Crippen molar-refractivity contribution in [3.63, 3.8) is 0 Å². The number of rotatable bonds is 7. The number of unbranched alkanes of at least 4 members (excludes halogenated alkanes) is 2. The molecule has 1 nitrogen and oxygen atoms in total. The van der Waals surface area contributed by atoms with Crippen molar-refractivity contribution in [2.45, 2.75) is 56.8 Å². The predicted octanol–water partition coefficient (Wildman–Crippen LogP) is 7.29. The molecule has 0 aromatic carbocycles. The van der Waals surface area contributed by atoms with Gasteiger partial charge in [0.05, 0.1) is 0 Å². The van der Waals surface area contributed by atoms with Crippen molar-refractivity contribution in [1.82, 2.24) is 0 Å². The molecule has 0 aromatic heterocycles. The van der Waals surface area contributed by atoms with Gasteiger partial charge in [0.25, 0.3) is 0 Å². The molecule has 0 unspecified atom stereocenters. The van der Waals surface area contributed by atoms with Crippen LogP contribution in [0.2, 0.25) is 10.9 Å². The van der Waals surface area contributed by atoms with Crippen molar-refractivity contribution in [3.8, 4) is 0 Å². The normalized spacial score (nSPS) is 16.4. The monoisotopic (exact) mass is 704 g/mol. The summed E-state index contributed by atoms with van der Waals surface area (Å²) in [4.78, 5) is 9.38. The van der Waals surface area contributed by atoms with Gasteiger partial charge in [0.1, 0.15) is 0 Å². The summed E-state index contributed by atoms with van der Waals surface area (Å²) in [7, 11) is -0.592. The van der Waals surface area contributed by atoms with E-state index in [1.54, 1.807) is 4.09 Å². The van der Waals surface area contributed by atoms with Crippen LogP contribution in [-0.4, -0.2) is 17.2 Å². The third kappa shape index (κ3) is 11.5. The van der Waals surface area contributed by atoms with E-state index < -0.39 is 15.1 Å². The molecule has 20 heavy (non-hydrogen) atoms. The van der Waals surface area contributed by atoms with E-state index in [9.17, 15) is 4.89 Å². The maximum absolute atomic E-state index is 9.38. The predicted molar refractivity (Wildman–Crippen MR) is 110 cm³/mol. The molecule has 0 heterocycles. The summed E-state index contributed by atoms with van der Waals surface area (Å²) in [6.45, 7) is 2.26. The van der Waals surface area contributed by atoms with E-state index in [0.717, 1.165) is 12.3 Å². The summed E-state index contributed by atoms with van der Waals surface area (Å²) in [5.74, 6) is 0. The molecule has 0 aliphatic heterocycles. The zero-order valence-electron chi connectivity index (χ0n) is 13.2. The van der Waals surface area contributed by atoms with E-state index in [0.29, 0.717) is 0 Å². The molecule has 0 atom stereocenters.